The van der Waals surface area contributed by atoms with Crippen LogP contribution in [0.4, 0.5) is 11.5 Å². The molecule has 0 bridgehead atoms. The van der Waals surface area contributed by atoms with Gasteiger partial charge in [-0.3, -0.25) is 10.1 Å². The first-order valence-electron chi connectivity index (χ1n) is 9.61. The van der Waals surface area contributed by atoms with Gasteiger partial charge in [0, 0.05) is 19.2 Å². The number of nitro groups is 1. The molecule has 150 valence electrons. The second-order valence-corrected chi connectivity index (χ2v) is 7.00. The highest BCUT2D eigenvalue weighted by molar-refractivity contribution is 5.96. The van der Waals surface area contributed by atoms with Crippen LogP contribution in [-0.4, -0.2) is 29.0 Å². The monoisotopic (exact) mass is 387 g/mol. The second-order valence-electron chi connectivity index (χ2n) is 7.00. The molecule has 3 rings (SSSR count). The number of piperidine rings is 1. The number of nitrogens with zero attached hydrogens (tertiary/aromatic N) is 3. The molecule has 1 aliphatic heterocycles. The van der Waals surface area contributed by atoms with Gasteiger partial charge in [-0.2, -0.15) is 0 Å². The highest BCUT2D eigenvalue weighted by atomic mass is 16.6. The summed E-state index contributed by atoms with van der Waals surface area (Å²) in [4.78, 5) is 29.7. The van der Waals surface area contributed by atoms with Gasteiger partial charge in [0.15, 0.2) is 0 Å². The highest BCUT2D eigenvalue weighted by Gasteiger charge is 2.37. The lowest BCUT2D eigenvalue weighted by atomic mass is 9.91. The number of aromatic nitrogens is 1. The number of anilines is 1. The molecule has 2 aromatic rings. The van der Waals surface area contributed by atoms with Crippen LogP contribution in [0.2, 0.25) is 0 Å². The lowest BCUT2D eigenvalue weighted by Gasteiger charge is -2.38. The van der Waals surface area contributed by atoms with E-state index in [4.69, 9.17) is 9.15 Å². The van der Waals surface area contributed by atoms with Gasteiger partial charge in [-0.05, 0) is 43.9 Å². The summed E-state index contributed by atoms with van der Waals surface area (Å²) in [5.41, 5.74) is -0.398. The number of pyridine rings is 1. The van der Waals surface area contributed by atoms with Gasteiger partial charge in [-0.25, -0.2) is 9.78 Å². The third-order valence-corrected chi connectivity index (χ3v) is 5.08. The van der Waals surface area contributed by atoms with Gasteiger partial charge in [-0.15, -0.1) is 0 Å². The summed E-state index contributed by atoms with van der Waals surface area (Å²) in [5, 5.41) is 11.9. The smallest absolute Gasteiger partial charge is 0.345 e. The maximum Gasteiger partial charge on any atom is 0.345 e. The van der Waals surface area contributed by atoms with Gasteiger partial charge in [0.05, 0.1) is 17.6 Å². The van der Waals surface area contributed by atoms with E-state index in [0.29, 0.717) is 12.5 Å². The van der Waals surface area contributed by atoms with E-state index >= 15 is 0 Å². The Hall–Kier alpha value is -2.90. The number of ether oxygens (including phenoxy) is 1. The summed E-state index contributed by atoms with van der Waals surface area (Å²) >= 11 is 0. The maximum atomic E-state index is 12.3. The normalized spacial score (nSPS) is 19.5. The molecular weight excluding hydrogens is 362 g/mol. The van der Waals surface area contributed by atoms with Crippen molar-refractivity contribution >= 4 is 17.5 Å². The molecule has 8 heteroatoms. The van der Waals surface area contributed by atoms with Crippen molar-refractivity contribution in [2.24, 2.45) is 5.92 Å². The third-order valence-electron chi connectivity index (χ3n) is 5.08. The van der Waals surface area contributed by atoms with Gasteiger partial charge >= 0.3 is 11.7 Å². The molecule has 1 fully saturated rings. The molecule has 8 nitrogen and oxygen atoms in total. The van der Waals surface area contributed by atoms with Crippen LogP contribution in [-0.2, 0) is 11.2 Å². The zero-order valence-corrected chi connectivity index (χ0v) is 16.4. The number of carbonyl (C=O) groups excluding carboxylic acids is 1. The average molecular weight is 387 g/mol. The predicted octanol–water partition coefficient (Wildman–Crippen LogP) is 4.30. The quantitative estimate of drug-likeness (QED) is 0.414. The number of furan rings is 1. The number of rotatable bonds is 6. The zero-order valence-electron chi connectivity index (χ0n) is 16.4. The van der Waals surface area contributed by atoms with Crippen molar-refractivity contribution in [3.63, 3.8) is 0 Å². The Labute approximate surface area is 163 Å². The summed E-state index contributed by atoms with van der Waals surface area (Å²) in [6, 6.07) is 5.02. The molecule has 3 heterocycles. The lowest BCUT2D eigenvalue weighted by Crippen LogP contribution is -2.37. The lowest BCUT2D eigenvalue weighted by molar-refractivity contribution is -0.384. The zero-order chi connectivity index (χ0) is 20.3. The number of hydrogen-bond donors (Lipinski definition) is 0. The highest BCUT2D eigenvalue weighted by Crippen LogP contribution is 2.41. The average Bonchev–Trinajstić information content (AvgIpc) is 3.16. The Morgan fingerprint density at radius 3 is 2.82 bits per heavy atom. The van der Waals surface area contributed by atoms with E-state index in [0.717, 1.165) is 30.8 Å². The molecular formula is C20H25N3O5. The van der Waals surface area contributed by atoms with Gasteiger partial charge in [0.1, 0.15) is 17.1 Å². The van der Waals surface area contributed by atoms with E-state index in [1.807, 2.05) is 24.0 Å². The molecule has 0 N–H and O–H groups in total. The van der Waals surface area contributed by atoms with Crippen molar-refractivity contribution in [2.45, 2.75) is 46.1 Å². The van der Waals surface area contributed by atoms with Gasteiger partial charge in [0.2, 0.25) is 5.82 Å². The molecule has 2 atom stereocenters. The minimum absolute atomic E-state index is 0.0806. The first-order valence-corrected chi connectivity index (χ1v) is 9.61. The van der Waals surface area contributed by atoms with Gasteiger partial charge in [-0.1, -0.05) is 13.8 Å². The number of esters is 1. The van der Waals surface area contributed by atoms with Crippen molar-refractivity contribution in [3.05, 3.63) is 51.6 Å². The van der Waals surface area contributed by atoms with Crippen LogP contribution in [0, 0.1) is 16.0 Å². The van der Waals surface area contributed by atoms with Crippen LogP contribution in [0.5, 0.6) is 0 Å². The van der Waals surface area contributed by atoms with E-state index in [1.165, 1.54) is 12.3 Å². The SMILES string of the molecule is CCOC(=O)c1ccnc(N2CC[C@H](C)C[C@H]2c2ccc(CC)o2)c1[N+](=O)[O-]. The standard InChI is InChI=1S/C20H25N3O5/c1-4-14-6-7-17(28-14)16-12-13(3)9-11-22(16)19-18(23(25)26)15(8-10-21-19)20(24)27-5-2/h6-8,10,13,16H,4-5,9,11-12H2,1-3H3/t13-,16-/m0/s1. The topological polar surface area (TPSA) is 98.7 Å². The van der Waals surface area contributed by atoms with Crippen LogP contribution in [0.15, 0.2) is 28.8 Å². The van der Waals surface area contributed by atoms with Crippen molar-refractivity contribution in [3.8, 4) is 0 Å². The number of hydrogen-bond acceptors (Lipinski definition) is 7. The Balaban J connectivity index is 2.07. The van der Waals surface area contributed by atoms with Crippen molar-refractivity contribution in [1.29, 1.82) is 0 Å². The van der Waals surface area contributed by atoms with Gasteiger partial charge < -0.3 is 14.1 Å². The van der Waals surface area contributed by atoms with Crippen LogP contribution in [0.3, 0.4) is 0 Å². The molecule has 1 saturated heterocycles. The van der Waals surface area contributed by atoms with E-state index in [1.54, 1.807) is 6.92 Å². The van der Waals surface area contributed by atoms with Crippen LogP contribution in [0.1, 0.15) is 61.5 Å². The summed E-state index contributed by atoms with van der Waals surface area (Å²) in [5.74, 6) is 1.55. The molecule has 28 heavy (non-hydrogen) atoms. The van der Waals surface area contributed by atoms with Crippen molar-refractivity contribution in [2.75, 3.05) is 18.1 Å². The van der Waals surface area contributed by atoms with Crippen LogP contribution in [0.25, 0.3) is 0 Å². The molecule has 1 aliphatic rings. The van der Waals surface area contributed by atoms with E-state index in [2.05, 4.69) is 11.9 Å². The van der Waals surface area contributed by atoms with E-state index < -0.39 is 10.9 Å². The summed E-state index contributed by atoms with van der Waals surface area (Å²) in [6.07, 6.45) is 3.86. The van der Waals surface area contributed by atoms with Crippen molar-refractivity contribution in [1.82, 2.24) is 4.98 Å². The Morgan fingerprint density at radius 2 is 2.18 bits per heavy atom. The fraction of sp³-hybridized carbons (Fsp3) is 0.500. The first-order chi connectivity index (χ1) is 13.5. The third kappa shape index (κ3) is 3.85. The van der Waals surface area contributed by atoms with Crippen LogP contribution < -0.4 is 4.90 Å². The van der Waals surface area contributed by atoms with Gasteiger partial charge in [0.25, 0.3) is 0 Å². The molecule has 2 aromatic heterocycles. The molecule has 0 amide bonds. The summed E-state index contributed by atoms with van der Waals surface area (Å²) in [7, 11) is 0. The fourth-order valence-corrected chi connectivity index (χ4v) is 3.64. The molecule has 0 aliphatic carbocycles. The second kappa shape index (κ2) is 8.41. The maximum absolute atomic E-state index is 12.3. The Morgan fingerprint density at radius 1 is 1.39 bits per heavy atom. The van der Waals surface area contributed by atoms with Crippen molar-refractivity contribution < 1.29 is 18.9 Å². The Kier molecular flexibility index (Phi) is 5.96. The largest absolute Gasteiger partial charge is 0.464 e. The molecule has 0 unspecified atom stereocenters. The van der Waals surface area contributed by atoms with E-state index in [9.17, 15) is 14.9 Å². The minimum Gasteiger partial charge on any atom is -0.464 e. The van der Waals surface area contributed by atoms with Crippen LogP contribution >= 0.6 is 0 Å². The number of aryl methyl sites for hydroxylation is 1. The fourth-order valence-electron chi connectivity index (χ4n) is 3.64. The molecule has 0 saturated carbocycles. The Bertz CT molecular complexity index is 863. The summed E-state index contributed by atoms with van der Waals surface area (Å²) < 4.78 is 11.0. The molecule has 0 radical (unpaired) electrons. The molecule has 0 aromatic carbocycles. The molecule has 0 spiro atoms. The summed E-state index contributed by atoms with van der Waals surface area (Å²) in [6.45, 7) is 6.57. The minimum atomic E-state index is -0.717. The first kappa shape index (κ1) is 19.9. The number of carbonyl (C=O) groups is 1. The predicted molar refractivity (Wildman–Crippen MR) is 103 cm³/mol. The van der Waals surface area contributed by atoms with E-state index in [-0.39, 0.29) is 29.7 Å².